The van der Waals surface area contributed by atoms with Crippen LogP contribution >= 0.6 is 0 Å². The smallest absolute Gasteiger partial charge is 0.237 e. The zero-order chi connectivity index (χ0) is 11.5. The fourth-order valence-corrected chi connectivity index (χ4v) is 1.77. The van der Waals surface area contributed by atoms with Crippen molar-refractivity contribution in [3.05, 3.63) is 30.1 Å². The minimum Gasteiger partial charge on any atom is -0.395 e. The zero-order valence-corrected chi connectivity index (χ0v) is 8.96. The van der Waals surface area contributed by atoms with Crippen molar-refractivity contribution in [1.82, 2.24) is 0 Å². The number of aliphatic hydroxyl groups excluding tert-OH is 1. The Balaban J connectivity index is 2.87. The summed E-state index contributed by atoms with van der Waals surface area (Å²) in [4.78, 5) is 0. The second-order valence-electron chi connectivity index (χ2n) is 3.15. The molecule has 0 aromatic heterocycles. The van der Waals surface area contributed by atoms with Crippen LogP contribution in [0.3, 0.4) is 0 Å². The molecule has 0 fully saturated rings. The third-order valence-electron chi connectivity index (χ3n) is 1.87. The van der Waals surface area contributed by atoms with E-state index >= 15 is 0 Å². The number of nitrogens with one attached hydrogen (secondary N) is 1. The van der Waals surface area contributed by atoms with Gasteiger partial charge in [-0.15, -0.1) is 0 Å². The molecule has 0 amide bonds. The van der Waals surface area contributed by atoms with E-state index in [1.54, 1.807) is 0 Å². The molecule has 1 rings (SSSR count). The maximum atomic E-state index is 12.7. The Bertz CT molecular complexity index is 433. The van der Waals surface area contributed by atoms with Crippen molar-refractivity contribution in [2.75, 3.05) is 11.3 Å². The third-order valence-corrected chi connectivity index (χ3v) is 3.60. The number of rotatable bonds is 4. The van der Waals surface area contributed by atoms with Crippen molar-refractivity contribution in [1.29, 1.82) is 0 Å². The first-order chi connectivity index (χ1) is 6.95. The Morgan fingerprint density at radius 2 is 2.20 bits per heavy atom. The molecule has 0 radical (unpaired) electrons. The number of sulfonamides is 1. The molecule has 0 saturated heterocycles. The number of hydrogen-bond donors (Lipinski definition) is 2. The molecule has 84 valence electrons. The topological polar surface area (TPSA) is 66.4 Å². The van der Waals surface area contributed by atoms with E-state index in [1.165, 1.54) is 25.1 Å². The van der Waals surface area contributed by atoms with Crippen LogP contribution in [0.2, 0.25) is 0 Å². The lowest BCUT2D eigenvalue weighted by atomic mass is 10.3. The monoisotopic (exact) mass is 233 g/mol. The summed E-state index contributed by atoms with van der Waals surface area (Å²) < 4.78 is 37.8. The normalized spacial score (nSPS) is 13.5. The summed E-state index contributed by atoms with van der Waals surface area (Å²) >= 11 is 0. The van der Waals surface area contributed by atoms with Gasteiger partial charge in [0.05, 0.1) is 12.3 Å². The number of hydrogen-bond acceptors (Lipinski definition) is 3. The first-order valence-corrected chi connectivity index (χ1v) is 5.88. The van der Waals surface area contributed by atoms with E-state index in [9.17, 15) is 12.8 Å². The zero-order valence-electron chi connectivity index (χ0n) is 8.14. The van der Waals surface area contributed by atoms with Gasteiger partial charge in [-0.2, -0.15) is 0 Å². The van der Waals surface area contributed by atoms with E-state index in [0.717, 1.165) is 6.07 Å². The van der Waals surface area contributed by atoms with Crippen molar-refractivity contribution in [2.45, 2.75) is 12.2 Å². The SMILES string of the molecule is CC(CO)S(=O)(=O)Nc1cccc(F)c1. The Kier molecular flexibility index (Phi) is 3.65. The largest absolute Gasteiger partial charge is 0.395 e. The highest BCUT2D eigenvalue weighted by atomic mass is 32.2. The van der Waals surface area contributed by atoms with Gasteiger partial charge in [-0.05, 0) is 25.1 Å². The summed E-state index contributed by atoms with van der Waals surface area (Å²) in [5, 5.41) is 7.78. The Morgan fingerprint density at radius 1 is 1.53 bits per heavy atom. The standard InChI is InChI=1S/C9H12FNO3S/c1-7(6-12)15(13,14)11-9-4-2-3-8(10)5-9/h2-5,7,11-12H,6H2,1H3. The van der Waals surface area contributed by atoms with E-state index < -0.39 is 27.7 Å². The van der Waals surface area contributed by atoms with Crippen LogP contribution in [-0.4, -0.2) is 25.4 Å². The second kappa shape index (κ2) is 4.59. The molecule has 0 saturated carbocycles. The first kappa shape index (κ1) is 11.9. The number of benzene rings is 1. The van der Waals surface area contributed by atoms with Crippen molar-refractivity contribution >= 4 is 15.7 Å². The summed E-state index contributed by atoms with van der Waals surface area (Å²) in [6, 6.07) is 5.12. The molecule has 4 nitrogen and oxygen atoms in total. The predicted octanol–water partition coefficient (Wildman–Crippen LogP) is 0.948. The summed E-state index contributed by atoms with van der Waals surface area (Å²) in [6.07, 6.45) is 0. The summed E-state index contributed by atoms with van der Waals surface area (Å²) in [5.41, 5.74) is 0.148. The predicted molar refractivity (Wildman–Crippen MR) is 55.5 cm³/mol. The van der Waals surface area contributed by atoms with Crippen LogP contribution in [0.5, 0.6) is 0 Å². The molecule has 15 heavy (non-hydrogen) atoms. The second-order valence-corrected chi connectivity index (χ2v) is 5.25. The summed E-state index contributed by atoms with van der Waals surface area (Å²) in [7, 11) is -3.65. The minimum absolute atomic E-state index is 0.148. The van der Waals surface area contributed by atoms with E-state index in [0.29, 0.717) is 0 Å². The third kappa shape index (κ3) is 3.17. The number of aliphatic hydroxyl groups is 1. The van der Waals surface area contributed by atoms with Gasteiger partial charge in [-0.1, -0.05) is 6.07 Å². The molecule has 0 spiro atoms. The molecule has 1 aromatic rings. The van der Waals surface area contributed by atoms with E-state index in [-0.39, 0.29) is 5.69 Å². The molecule has 0 aliphatic carbocycles. The Morgan fingerprint density at radius 3 is 2.73 bits per heavy atom. The maximum absolute atomic E-state index is 12.7. The van der Waals surface area contributed by atoms with Gasteiger partial charge >= 0.3 is 0 Å². The van der Waals surface area contributed by atoms with E-state index in [2.05, 4.69) is 4.72 Å². The molecule has 6 heteroatoms. The van der Waals surface area contributed by atoms with Gasteiger partial charge in [-0.3, -0.25) is 4.72 Å². The molecule has 2 N–H and O–H groups in total. The Hall–Kier alpha value is -1.14. The average molecular weight is 233 g/mol. The van der Waals surface area contributed by atoms with Gasteiger partial charge in [0.25, 0.3) is 0 Å². The van der Waals surface area contributed by atoms with Crippen LogP contribution in [0.15, 0.2) is 24.3 Å². The lowest BCUT2D eigenvalue weighted by molar-refractivity contribution is 0.296. The van der Waals surface area contributed by atoms with Gasteiger partial charge in [0.1, 0.15) is 11.1 Å². The van der Waals surface area contributed by atoms with Crippen LogP contribution in [0.1, 0.15) is 6.92 Å². The minimum atomic E-state index is -3.65. The quantitative estimate of drug-likeness (QED) is 0.813. The van der Waals surface area contributed by atoms with Gasteiger partial charge < -0.3 is 5.11 Å². The van der Waals surface area contributed by atoms with E-state index in [1.807, 2.05) is 0 Å². The van der Waals surface area contributed by atoms with Gasteiger partial charge in [0, 0.05) is 0 Å². The summed E-state index contributed by atoms with van der Waals surface area (Å²) in [6.45, 7) is 0.881. The van der Waals surface area contributed by atoms with Crippen LogP contribution in [0.25, 0.3) is 0 Å². The molecule has 1 unspecified atom stereocenters. The van der Waals surface area contributed by atoms with Crippen LogP contribution < -0.4 is 4.72 Å². The molecule has 0 bridgehead atoms. The average Bonchev–Trinajstić information content (AvgIpc) is 2.15. The number of halogens is 1. The maximum Gasteiger partial charge on any atom is 0.237 e. The molecular formula is C9H12FNO3S. The highest BCUT2D eigenvalue weighted by molar-refractivity contribution is 7.93. The van der Waals surface area contributed by atoms with Crippen molar-refractivity contribution in [2.24, 2.45) is 0 Å². The molecule has 0 aliphatic heterocycles. The molecule has 1 aromatic carbocycles. The van der Waals surface area contributed by atoms with Gasteiger partial charge in [0.15, 0.2) is 0 Å². The first-order valence-electron chi connectivity index (χ1n) is 4.34. The molecule has 0 aliphatic rings. The van der Waals surface area contributed by atoms with Gasteiger partial charge in [0.2, 0.25) is 10.0 Å². The van der Waals surface area contributed by atoms with Crippen LogP contribution in [-0.2, 0) is 10.0 Å². The highest BCUT2D eigenvalue weighted by Crippen LogP contribution is 2.13. The van der Waals surface area contributed by atoms with Crippen molar-refractivity contribution in [3.63, 3.8) is 0 Å². The molecule has 0 heterocycles. The number of anilines is 1. The Labute approximate surface area is 87.8 Å². The van der Waals surface area contributed by atoms with E-state index in [4.69, 9.17) is 5.11 Å². The lowest BCUT2D eigenvalue weighted by Gasteiger charge is -2.12. The lowest BCUT2D eigenvalue weighted by Crippen LogP contribution is -2.28. The van der Waals surface area contributed by atoms with Crippen LogP contribution in [0.4, 0.5) is 10.1 Å². The fourth-order valence-electron chi connectivity index (χ4n) is 0.915. The molecular weight excluding hydrogens is 221 g/mol. The van der Waals surface area contributed by atoms with Crippen molar-refractivity contribution in [3.8, 4) is 0 Å². The van der Waals surface area contributed by atoms with Gasteiger partial charge in [-0.25, -0.2) is 12.8 Å². The molecule has 1 atom stereocenters. The van der Waals surface area contributed by atoms with Crippen molar-refractivity contribution < 1.29 is 17.9 Å². The summed E-state index contributed by atoms with van der Waals surface area (Å²) in [5.74, 6) is -0.521. The van der Waals surface area contributed by atoms with Crippen LogP contribution in [0, 0.1) is 5.82 Å². The fraction of sp³-hybridized carbons (Fsp3) is 0.333. The highest BCUT2D eigenvalue weighted by Gasteiger charge is 2.19.